The molecule has 1 aromatic carbocycles. The van der Waals surface area contributed by atoms with Crippen LogP contribution in [0.15, 0.2) is 78.6 Å². The molecule has 0 atom stereocenters. The molecule has 1 N–H and O–H groups in total. The lowest BCUT2D eigenvalue weighted by Crippen LogP contribution is -2.29. The van der Waals surface area contributed by atoms with Crippen molar-refractivity contribution in [3.8, 4) is 5.75 Å². The van der Waals surface area contributed by atoms with E-state index in [0.29, 0.717) is 12.2 Å². The van der Waals surface area contributed by atoms with Crippen LogP contribution in [0.25, 0.3) is 0 Å². The average molecular weight is 471 g/mol. The van der Waals surface area contributed by atoms with Gasteiger partial charge in [0.15, 0.2) is 5.78 Å². The van der Waals surface area contributed by atoms with E-state index in [-0.39, 0.29) is 18.2 Å². The van der Waals surface area contributed by atoms with Gasteiger partial charge in [-0.25, -0.2) is 4.98 Å². The second kappa shape index (κ2) is 11.9. The smallest absolute Gasteiger partial charge is 0.251 e. The molecule has 35 heavy (non-hydrogen) atoms. The van der Waals surface area contributed by atoms with Crippen molar-refractivity contribution in [3.63, 3.8) is 0 Å². The van der Waals surface area contributed by atoms with E-state index < -0.39 is 0 Å². The molecule has 0 radical (unpaired) electrons. The summed E-state index contributed by atoms with van der Waals surface area (Å²) in [5, 5.41) is 2.70. The normalized spacial score (nSPS) is 14.9. The van der Waals surface area contributed by atoms with Crippen LogP contribution in [0.2, 0.25) is 0 Å². The minimum absolute atomic E-state index is 0.0145. The molecule has 7 nitrogen and oxygen atoms in total. The minimum Gasteiger partial charge on any atom is -0.487 e. The van der Waals surface area contributed by atoms with Crippen molar-refractivity contribution in [2.45, 2.75) is 32.8 Å². The number of pyridine rings is 2. The van der Waals surface area contributed by atoms with Gasteiger partial charge >= 0.3 is 0 Å². The number of amides is 1. The topological polar surface area (TPSA) is 84.4 Å². The second-order valence-corrected chi connectivity index (χ2v) is 8.60. The number of rotatable bonds is 8. The average Bonchev–Trinajstić information content (AvgIpc) is 3.12. The Labute approximate surface area is 205 Å². The Morgan fingerprint density at radius 1 is 1.06 bits per heavy atom. The number of hydrogen-bond donors (Lipinski definition) is 1. The lowest BCUT2D eigenvalue weighted by Gasteiger charge is -2.21. The monoisotopic (exact) mass is 470 g/mol. The number of anilines is 1. The number of benzene rings is 1. The van der Waals surface area contributed by atoms with E-state index in [4.69, 9.17) is 4.74 Å². The van der Waals surface area contributed by atoms with Crippen LogP contribution >= 0.6 is 0 Å². The highest BCUT2D eigenvalue weighted by molar-refractivity contribution is 5.99. The lowest BCUT2D eigenvalue weighted by molar-refractivity contribution is -0.113. The van der Waals surface area contributed by atoms with Crippen LogP contribution in [-0.2, 0) is 11.4 Å². The van der Waals surface area contributed by atoms with Crippen LogP contribution in [0, 0.1) is 6.92 Å². The van der Waals surface area contributed by atoms with Gasteiger partial charge in [0.05, 0.1) is 12.7 Å². The number of ether oxygens (including phenoxy) is 1. The Morgan fingerprint density at radius 2 is 1.91 bits per heavy atom. The number of carbonyl (C=O) groups excluding carboxylic acids is 2. The first-order chi connectivity index (χ1) is 17.1. The van der Waals surface area contributed by atoms with E-state index in [1.54, 1.807) is 30.6 Å². The minimum atomic E-state index is -0.267. The number of ketones is 1. The third-order valence-corrected chi connectivity index (χ3v) is 5.87. The van der Waals surface area contributed by atoms with Gasteiger partial charge in [0.25, 0.3) is 5.91 Å². The Kier molecular flexibility index (Phi) is 8.22. The van der Waals surface area contributed by atoms with E-state index >= 15 is 0 Å². The maximum absolute atomic E-state index is 12.4. The summed E-state index contributed by atoms with van der Waals surface area (Å²) in [5.41, 5.74) is 3.49. The van der Waals surface area contributed by atoms with Crippen LogP contribution < -0.4 is 15.0 Å². The van der Waals surface area contributed by atoms with Gasteiger partial charge in [0.1, 0.15) is 18.2 Å². The highest BCUT2D eigenvalue weighted by atomic mass is 16.5. The van der Waals surface area contributed by atoms with Gasteiger partial charge in [-0.2, -0.15) is 0 Å². The third-order valence-electron chi connectivity index (χ3n) is 5.87. The van der Waals surface area contributed by atoms with Crippen molar-refractivity contribution in [1.82, 2.24) is 15.3 Å². The molecule has 1 fully saturated rings. The summed E-state index contributed by atoms with van der Waals surface area (Å²) in [4.78, 5) is 35.6. The Hall–Kier alpha value is -4.00. The van der Waals surface area contributed by atoms with Crippen LogP contribution in [-0.4, -0.2) is 41.3 Å². The maximum Gasteiger partial charge on any atom is 0.251 e. The third kappa shape index (κ3) is 7.24. The van der Waals surface area contributed by atoms with Gasteiger partial charge in [0.2, 0.25) is 0 Å². The van der Waals surface area contributed by atoms with Gasteiger partial charge in [0, 0.05) is 30.5 Å². The summed E-state index contributed by atoms with van der Waals surface area (Å²) in [6, 6.07) is 17.3. The molecule has 1 saturated heterocycles. The van der Waals surface area contributed by atoms with Crippen molar-refractivity contribution < 1.29 is 14.3 Å². The molecule has 180 valence electrons. The molecule has 0 unspecified atom stereocenters. The predicted octanol–water partition coefficient (Wildman–Crippen LogP) is 4.28. The second-order valence-electron chi connectivity index (χ2n) is 8.60. The molecule has 3 aromatic rings. The molecule has 0 bridgehead atoms. The van der Waals surface area contributed by atoms with E-state index in [9.17, 15) is 9.59 Å². The summed E-state index contributed by atoms with van der Waals surface area (Å²) in [6.07, 6.45) is 7.63. The van der Waals surface area contributed by atoms with Crippen LogP contribution in [0.3, 0.4) is 0 Å². The molecule has 1 amide bonds. The Balaban J connectivity index is 1.25. The number of nitrogens with zero attached hydrogens (tertiary/aromatic N) is 3. The fraction of sp³-hybridized carbons (Fsp3) is 0.286. The molecular formula is C28H30N4O3. The number of hydrogen-bond acceptors (Lipinski definition) is 6. The number of nitrogens with one attached hydrogen (secondary N) is 1. The van der Waals surface area contributed by atoms with Crippen LogP contribution in [0.4, 0.5) is 5.82 Å². The SMILES string of the molecule is Cc1cc(C(=O)NCC(=O)C=C2CCCN(c3ccc(OCc4ccccc4)cn3)CC2)ccn1. The van der Waals surface area contributed by atoms with Gasteiger partial charge in [-0.05, 0) is 62.1 Å². The molecule has 1 aliphatic rings. The molecule has 0 spiro atoms. The fourth-order valence-electron chi connectivity index (χ4n) is 4.01. The van der Waals surface area contributed by atoms with E-state index in [1.807, 2.05) is 49.4 Å². The highest BCUT2D eigenvalue weighted by Crippen LogP contribution is 2.22. The molecule has 1 aliphatic heterocycles. The molecular weight excluding hydrogens is 440 g/mol. The molecule has 2 aromatic heterocycles. The number of aryl methyl sites for hydroxylation is 1. The molecule has 7 heteroatoms. The molecule has 0 aliphatic carbocycles. The lowest BCUT2D eigenvalue weighted by atomic mass is 10.1. The molecule has 3 heterocycles. The van der Waals surface area contributed by atoms with Gasteiger partial charge in [-0.3, -0.25) is 14.6 Å². The Bertz CT molecular complexity index is 1180. The van der Waals surface area contributed by atoms with Gasteiger partial charge < -0.3 is 15.0 Å². The number of aromatic nitrogens is 2. The summed E-state index contributed by atoms with van der Waals surface area (Å²) in [6.45, 7) is 3.99. The van der Waals surface area contributed by atoms with Crippen LogP contribution in [0.1, 0.15) is 40.9 Å². The molecule has 4 rings (SSSR count). The summed E-state index contributed by atoms with van der Waals surface area (Å²) < 4.78 is 5.83. The molecule has 0 saturated carbocycles. The van der Waals surface area contributed by atoms with E-state index in [2.05, 4.69) is 20.2 Å². The zero-order chi connectivity index (χ0) is 24.5. The fourth-order valence-corrected chi connectivity index (χ4v) is 4.01. The zero-order valence-corrected chi connectivity index (χ0v) is 19.9. The van der Waals surface area contributed by atoms with E-state index in [0.717, 1.165) is 60.7 Å². The van der Waals surface area contributed by atoms with Crippen molar-refractivity contribution in [2.24, 2.45) is 0 Å². The highest BCUT2D eigenvalue weighted by Gasteiger charge is 2.15. The summed E-state index contributed by atoms with van der Waals surface area (Å²) >= 11 is 0. The first-order valence-electron chi connectivity index (χ1n) is 11.9. The maximum atomic E-state index is 12.4. The van der Waals surface area contributed by atoms with Crippen molar-refractivity contribution >= 4 is 17.5 Å². The summed E-state index contributed by atoms with van der Waals surface area (Å²) in [7, 11) is 0. The van der Waals surface area contributed by atoms with Gasteiger partial charge in [-0.15, -0.1) is 0 Å². The van der Waals surface area contributed by atoms with Crippen molar-refractivity contribution in [2.75, 3.05) is 24.5 Å². The van der Waals surface area contributed by atoms with Crippen LogP contribution in [0.5, 0.6) is 5.75 Å². The quantitative estimate of drug-likeness (QED) is 0.495. The zero-order valence-electron chi connectivity index (χ0n) is 19.9. The number of carbonyl (C=O) groups is 2. The Morgan fingerprint density at radius 3 is 2.69 bits per heavy atom. The first-order valence-corrected chi connectivity index (χ1v) is 11.9. The van der Waals surface area contributed by atoms with Gasteiger partial charge in [-0.1, -0.05) is 35.9 Å². The van der Waals surface area contributed by atoms with Crippen molar-refractivity contribution in [1.29, 1.82) is 0 Å². The first kappa shape index (κ1) is 24.1. The van der Waals surface area contributed by atoms with Crippen molar-refractivity contribution in [3.05, 3.63) is 95.5 Å². The van der Waals surface area contributed by atoms with E-state index in [1.165, 1.54) is 0 Å². The largest absolute Gasteiger partial charge is 0.487 e. The standard InChI is InChI=1S/C28H30N4O3/c1-21-16-24(11-13-29-21)28(34)31-18-25(33)17-22-8-5-14-32(15-12-22)27-10-9-26(19-30-27)35-20-23-6-3-2-4-7-23/h2-4,6-7,9-11,13,16-17,19H,5,8,12,14-15,18,20H2,1H3,(H,31,34). The predicted molar refractivity (Wildman–Crippen MR) is 135 cm³/mol. The summed E-state index contributed by atoms with van der Waals surface area (Å²) in [5.74, 6) is 1.29.